The minimum atomic E-state index is -5.32. The first-order valence-electron chi connectivity index (χ1n) is 10.5. The van der Waals surface area contributed by atoms with Crippen LogP contribution in [0.15, 0.2) is 47.8 Å². The second-order valence-electron chi connectivity index (χ2n) is 7.99. The molecule has 0 atom stereocenters. The molecular weight excluding hydrogens is 509 g/mol. The Morgan fingerprint density at radius 2 is 1.74 bits per heavy atom. The van der Waals surface area contributed by atoms with E-state index in [9.17, 15) is 26.4 Å². The molecule has 180 valence electrons. The SMILES string of the molecule is O=C(c1ccc(-c2nc(-c3ccc(CS(=O)(=O)C(F)(F)F)cc3Cl)cs2)cc1)N1CCCCC1. The van der Waals surface area contributed by atoms with Crippen molar-refractivity contribution in [3.63, 3.8) is 0 Å². The fraction of sp³-hybridized carbons (Fsp3) is 0.304. The molecule has 1 aromatic heterocycles. The van der Waals surface area contributed by atoms with Crippen molar-refractivity contribution in [3.8, 4) is 21.8 Å². The maximum atomic E-state index is 12.6. The van der Waals surface area contributed by atoms with Gasteiger partial charge < -0.3 is 4.90 Å². The molecule has 1 saturated heterocycles. The summed E-state index contributed by atoms with van der Waals surface area (Å²) >= 11 is 7.59. The summed E-state index contributed by atoms with van der Waals surface area (Å²) < 4.78 is 60.7. The number of carbonyl (C=O) groups is 1. The molecule has 5 nitrogen and oxygen atoms in total. The van der Waals surface area contributed by atoms with Gasteiger partial charge in [0.1, 0.15) is 5.01 Å². The summed E-state index contributed by atoms with van der Waals surface area (Å²) in [4.78, 5) is 19.1. The summed E-state index contributed by atoms with van der Waals surface area (Å²) in [5, 5.41) is 2.55. The summed E-state index contributed by atoms with van der Waals surface area (Å²) in [6.45, 7) is 1.55. The van der Waals surface area contributed by atoms with Gasteiger partial charge in [0.15, 0.2) is 0 Å². The number of thiazole rings is 1. The van der Waals surface area contributed by atoms with Crippen LogP contribution < -0.4 is 0 Å². The maximum absolute atomic E-state index is 12.6. The van der Waals surface area contributed by atoms with Crippen molar-refractivity contribution in [2.24, 2.45) is 0 Å². The zero-order valence-corrected chi connectivity index (χ0v) is 20.2. The molecule has 0 N–H and O–H groups in total. The minimum Gasteiger partial charge on any atom is -0.339 e. The second kappa shape index (κ2) is 9.67. The number of piperidine rings is 1. The molecule has 1 amide bonds. The quantitative estimate of drug-likeness (QED) is 0.396. The highest BCUT2D eigenvalue weighted by Gasteiger charge is 2.45. The largest absolute Gasteiger partial charge is 0.497 e. The van der Waals surface area contributed by atoms with Crippen LogP contribution in [0.2, 0.25) is 5.02 Å². The lowest BCUT2D eigenvalue weighted by atomic mass is 10.1. The Hall–Kier alpha value is -2.43. The molecule has 0 saturated carbocycles. The molecule has 34 heavy (non-hydrogen) atoms. The van der Waals surface area contributed by atoms with E-state index in [1.54, 1.807) is 17.5 Å². The number of likely N-dealkylation sites (tertiary alicyclic amines) is 1. The van der Waals surface area contributed by atoms with E-state index in [2.05, 4.69) is 4.98 Å². The molecule has 2 heterocycles. The van der Waals surface area contributed by atoms with Crippen LogP contribution in [0.4, 0.5) is 13.2 Å². The summed E-state index contributed by atoms with van der Waals surface area (Å²) in [5.41, 5.74) is -2.95. The van der Waals surface area contributed by atoms with E-state index < -0.39 is 21.1 Å². The second-order valence-corrected chi connectivity index (χ2v) is 11.2. The van der Waals surface area contributed by atoms with Crippen molar-refractivity contribution in [2.45, 2.75) is 30.5 Å². The number of hydrogen-bond acceptors (Lipinski definition) is 5. The Kier molecular flexibility index (Phi) is 7.02. The molecule has 0 radical (unpaired) electrons. The van der Waals surface area contributed by atoms with Gasteiger partial charge in [-0.25, -0.2) is 13.4 Å². The minimum absolute atomic E-state index is 0.0190. The Bertz CT molecular complexity index is 1300. The normalized spacial score (nSPS) is 14.9. The third-order valence-corrected chi connectivity index (χ3v) is 8.17. The number of sulfone groups is 1. The van der Waals surface area contributed by atoms with E-state index in [4.69, 9.17) is 11.6 Å². The molecule has 4 rings (SSSR count). The van der Waals surface area contributed by atoms with Crippen LogP contribution in [0.3, 0.4) is 0 Å². The van der Waals surface area contributed by atoms with Gasteiger partial charge in [-0.05, 0) is 43.0 Å². The number of hydrogen-bond donors (Lipinski definition) is 0. The smallest absolute Gasteiger partial charge is 0.339 e. The van der Waals surface area contributed by atoms with Crippen LogP contribution in [0.5, 0.6) is 0 Å². The van der Waals surface area contributed by atoms with E-state index in [1.807, 2.05) is 17.0 Å². The van der Waals surface area contributed by atoms with Crippen LogP contribution in [0.25, 0.3) is 21.8 Å². The molecule has 1 aliphatic rings. The van der Waals surface area contributed by atoms with Gasteiger partial charge in [-0.15, -0.1) is 11.3 Å². The Morgan fingerprint density at radius 1 is 1.06 bits per heavy atom. The first-order valence-corrected chi connectivity index (χ1v) is 13.4. The fourth-order valence-electron chi connectivity index (χ4n) is 3.72. The van der Waals surface area contributed by atoms with Crippen molar-refractivity contribution in [3.05, 3.63) is 64.0 Å². The molecule has 11 heteroatoms. The van der Waals surface area contributed by atoms with Crippen molar-refractivity contribution < 1.29 is 26.4 Å². The van der Waals surface area contributed by atoms with Gasteiger partial charge in [-0.3, -0.25) is 4.79 Å². The topological polar surface area (TPSA) is 67.3 Å². The van der Waals surface area contributed by atoms with E-state index in [-0.39, 0.29) is 16.5 Å². The lowest BCUT2D eigenvalue weighted by Gasteiger charge is -2.26. The van der Waals surface area contributed by atoms with E-state index in [1.165, 1.54) is 29.5 Å². The number of benzene rings is 2. The third kappa shape index (κ3) is 5.29. The lowest BCUT2D eigenvalue weighted by Crippen LogP contribution is -2.35. The van der Waals surface area contributed by atoms with Gasteiger partial charge >= 0.3 is 5.51 Å². The van der Waals surface area contributed by atoms with Gasteiger partial charge in [0, 0.05) is 35.2 Å². The predicted octanol–water partition coefficient (Wildman–Crippen LogP) is 6.19. The Morgan fingerprint density at radius 3 is 2.35 bits per heavy atom. The number of rotatable bonds is 5. The highest BCUT2D eigenvalue weighted by Crippen LogP contribution is 2.34. The first-order chi connectivity index (χ1) is 16.0. The number of aromatic nitrogens is 1. The zero-order valence-electron chi connectivity index (χ0n) is 17.8. The molecule has 2 aromatic carbocycles. The fourth-order valence-corrected chi connectivity index (χ4v) is 5.63. The van der Waals surface area contributed by atoms with Crippen molar-refractivity contribution >= 4 is 38.7 Å². The molecule has 0 aliphatic carbocycles. The van der Waals surface area contributed by atoms with Crippen molar-refractivity contribution in [1.82, 2.24) is 9.88 Å². The van der Waals surface area contributed by atoms with Crippen LogP contribution in [0, 0.1) is 0 Å². The van der Waals surface area contributed by atoms with Gasteiger partial charge in [0.05, 0.1) is 16.5 Å². The molecule has 1 fully saturated rings. The Labute approximate surface area is 204 Å². The summed E-state index contributed by atoms with van der Waals surface area (Å²) in [7, 11) is -5.29. The summed E-state index contributed by atoms with van der Waals surface area (Å²) in [6, 6.07) is 11.2. The monoisotopic (exact) mass is 528 g/mol. The van der Waals surface area contributed by atoms with Crippen molar-refractivity contribution in [1.29, 1.82) is 0 Å². The third-order valence-electron chi connectivity index (χ3n) is 5.55. The maximum Gasteiger partial charge on any atom is 0.497 e. The number of nitrogens with zero attached hydrogens (tertiary/aromatic N) is 2. The molecule has 0 unspecified atom stereocenters. The van der Waals surface area contributed by atoms with Gasteiger partial charge in [0.2, 0.25) is 0 Å². The molecule has 1 aliphatic heterocycles. The summed E-state index contributed by atoms with van der Waals surface area (Å²) in [5.74, 6) is -1.16. The van der Waals surface area contributed by atoms with E-state index in [0.717, 1.165) is 37.9 Å². The lowest BCUT2D eigenvalue weighted by molar-refractivity contribution is -0.0437. The molecule has 3 aromatic rings. The zero-order chi connectivity index (χ0) is 24.5. The standard InChI is InChI=1S/C23H20ClF3N2O3S2/c24-19-12-15(14-34(31,32)23(25,26)27)4-9-18(19)20-13-33-21(28-20)16-5-7-17(8-6-16)22(30)29-10-2-1-3-11-29/h4-9,12-13H,1-3,10-11,14H2. The highest BCUT2D eigenvalue weighted by atomic mass is 35.5. The molecule has 0 bridgehead atoms. The van der Waals surface area contributed by atoms with Crippen LogP contribution in [-0.2, 0) is 15.6 Å². The first kappa shape index (κ1) is 24.7. The summed E-state index contributed by atoms with van der Waals surface area (Å²) in [6.07, 6.45) is 3.19. The highest BCUT2D eigenvalue weighted by molar-refractivity contribution is 7.91. The van der Waals surface area contributed by atoms with Crippen molar-refractivity contribution in [2.75, 3.05) is 13.1 Å². The Balaban J connectivity index is 1.50. The average molecular weight is 529 g/mol. The van der Waals surface area contributed by atoms with E-state index >= 15 is 0 Å². The average Bonchev–Trinajstić information content (AvgIpc) is 3.28. The number of halogens is 4. The molecule has 0 spiro atoms. The predicted molar refractivity (Wildman–Crippen MR) is 126 cm³/mol. The number of amides is 1. The molecular formula is C23H20ClF3N2O3S2. The number of alkyl halides is 3. The van der Waals surface area contributed by atoms with Crippen LogP contribution >= 0.6 is 22.9 Å². The van der Waals surface area contributed by atoms with Gasteiger partial charge in [0.25, 0.3) is 15.7 Å². The van der Waals surface area contributed by atoms with Gasteiger partial charge in [-0.2, -0.15) is 13.2 Å². The van der Waals surface area contributed by atoms with Gasteiger partial charge in [-0.1, -0.05) is 35.9 Å². The number of carbonyl (C=O) groups excluding carboxylic acids is 1. The van der Waals surface area contributed by atoms with E-state index in [0.29, 0.717) is 21.8 Å². The van der Waals surface area contributed by atoms with Crippen LogP contribution in [-0.4, -0.2) is 42.8 Å². The van der Waals surface area contributed by atoms with Crippen LogP contribution in [0.1, 0.15) is 35.2 Å².